The first-order chi connectivity index (χ1) is 12.0. The Balaban J connectivity index is 1.84. The molecule has 0 saturated heterocycles. The number of aromatic carboxylic acids is 1. The second-order valence-electron chi connectivity index (χ2n) is 5.88. The minimum atomic E-state index is -0.976. The van der Waals surface area contributed by atoms with Gasteiger partial charge in [0.05, 0.1) is 23.4 Å². The van der Waals surface area contributed by atoms with Crippen molar-refractivity contribution in [2.75, 3.05) is 17.4 Å². The van der Waals surface area contributed by atoms with Crippen LogP contribution in [-0.4, -0.2) is 29.7 Å². The maximum absolute atomic E-state index is 11.8. The van der Waals surface area contributed by atoms with E-state index in [2.05, 4.69) is 10.5 Å². The molecule has 0 unspecified atom stereocenters. The highest BCUT2D eigenvalue weighted by Gasteiger charge is 2.24. The van der Waals surface area contributed by atoms with Gasteiger partial charge in [-0.3, -0.25) is 10.2 Å². The van der Waals surface area contributed by atoms with E-state index >= 15 is 0 Å². The molecule has 1 amide bonds. The quantitative estimate of drug-likeness (QED) is 0.649. The summed E-state index contributed by atoms with van der Waals surface area (Å²) in [6.07, 6.45) is 1.11. The number of hydrazone groups is 1. The smallest absolute Gasteiger partial charge is 0.335 e. The Labute approximate surface area is 145 Å². The van der Waals surface area contributed by atoms with Crippen LogP contribution < -0.4 is 10.3 Å². The fraction of sp³-hybridized carbons (Fsp3) is 0.211. The maximum atomic E-state index is 11.8. The lowest BCUT2D eigenvalue weighted by atomic mass is 10.0. The molecule has 0 atom stereocenters. The molecule has 3 rings (SSSR count). The number of carbonyl (C=O) groups excluding carboxylic acids is 1. The third-order valence-electron chi connectivity index (χ3n) is 4.25. The van der Waals surface area contributed by atoms with E-state index in [-0.39, 0.29) is 11.5 Å². The third kappa shape index (κ3) is 3.38. The molecule has 0 radical (unpaired) electrons. The number of nitrogens with zero attached hydrogens (tertiary/aromatic N) is 2. The average Bonchev–Trinajstić information content (AvgIpc) is 2.89. The Morgan fingerprint density at radius 1 is 1.24 bits per heavy atom. The molecule has 1 aliphatic heterocycles. The van der Waals surface area contributed by atoms with Crippen LogP contribution >= 0.6 is 0 Å². The number of benzene rings is 2. The molecule has 0 aromatic heterocycles. The van der Waals surface area contributed by atoms with Crippen molar-refractivity contribution in [2.45, 2.75) is 19.8 Å². The van der Waals surface area contributed by atoms with Crippen molar-refractivity contribution in [2.24, 2.45) is 5.10 Å². The highest BCUT2D eigenvalue weighted by atomic mass is 16.4. The number of hydrogen-bond acceptors (Lipinski definition) is 4. The zero-order valence-corrected chi connectivity index (χ0v) is 14.1. The molecule has 0 saturated carbocycles. The summed E-state index contributed by atoms with van der Waals surface area (Å²) in [6, 6.07) is 12.4. The minimum Gasteiger partial charge on any atom is -0.478 e. The monoisotopic (exact) mass is 337 g/mol. The van der Waals surface area contributed by atoms with Gasteiger partial charge in [-0.05, 0) is 47.9 Å². The number of amides is 1. The molecule has 0 spiro atoms. The number of carbonyl (C=O) groups is 2. The number of likely N-dealkylation sites (N-methyl/N-ethyl adjacent to an activating group) is 1. The summed E-state index contributed by atoms with van der Waals surface area (Å²) in [5, 5.41) is 13.5. The highest BCUT2D eigenvalue weighted by molar-refractivity contribution is 6.05. The van der Waals surface area contributed by atoms with Crippen LogP contribution in [0, 0.1) is 0 Å². The van der Waals surface area contributed by atoms with Crippen LogP contribution in [0.2, 0.25) is 0 Å². The van der Waals surface area contributed by atoms with E-state index in [9.17, 15) is 9.59 Å². The lowest BCUT2D eigenvalue weighted by molar-refractivity contribution is -0.117. The van der Waals surface area contributed by atoms with Crippen molar-refractivity contribution in [3.63, 3.8) is 0 Å². The molecular formula is C19H19N3O3. The summed E-state index contributed by atoms with van der Waals surface area (Å²) < 4.78 is 0. The SMILES string of the molecule is CC/C(=N\Nc1cccc(C(=O)O)c1)c1ccc2c(c1)CC(=O)N2C. The van der Waals surface area contributed by atoms with Gasteiger partial charge in [0.2, 0.25) is 5.91 Å². The van der Waals surface area contributed by atoms with Crippen LogP contribution in [0.1, 0.15) is 34.8 Å². The van der Waals surface area contributed by atoms with Crippen molar-refractivity contribution >= 4 is 29.0 Å². The van der Waals surface area contributed by atoms with Gasteiger partial charge in [-0.25, -0.2) is 4.79 Å². The first kappa shape index (κ1) is 16.7. The lowest BCUT2D eigenvalue weighted by Gasteiger charge is -2.11. The molecule has 0 bridgehead atoms. The number of nitrogens with one attached hydrogen (secondary N) is 1. The van der Waals surface area contributed by atoms with E-state index in [1.54, 1.807) is 24.1 Å². The van der Waals surface area contributed by atoms with Crippen molar-refractivity contribution < 1.29 is 14.7 Å². The Hall–Kier alpha value is -3.15. The molecule has 2 N–H and O–H groups in total. The number of fused-ring (bicyclic) bond motifs is 1. The molecule has 2 aromatic rings. The average molecular weight is 337 g/mol. The summed E-state index contributed by atoms with van der Waals surface area (Å²) >= 11 is 0. The van der Waals surface area contributed by atoms with Gasteiger partial charge in [0, 0.05) is 12.7 Å². The maximum Gasteiger partial charge on any atom is 0.335 e. The number of anilines is 2. The molecule has 6 heteroatoms. The van der Waals surface area contributed by atoms with Crippen LogP contribution in [0.3, 0.4) is 0 Å². The topological polar surface area (TPSA) is 82.0 Å². The molecule has 2 aromatic carbocycles. The van der Waals surface area contributed by atoms with Gasteiger partial charge in [-0.1, -0.05) is 19.1 Å². The van der Waals surface area contributed by atoms with Crippen LogP contribution in [-0.2, 0) is 11.2 Å². The van der Waals surface area contributed by atoms with E-state index in [4.69, 9.17) is 5.11 Å². The van der Waals surface area contributed by atoms with E-state index < -0.39 is 5.97 Å². The lowest BCUT2D eigenvalue weighted by Crippen LogP contribution is -2.20. The molecule has 1 heterocycles. The van der Waals surface area contributed by atoms with Gasteiger partial charge in [-0.15, -0.1) is 0 Å². The molecule has 6 nitrogen and oxygen atoms in total. The minimum absolute atomic E-state index is 0.0887. The summed E-state index contributed by atoms with van der Waals surface area (Å²) in [5.41, 5.74) is 7.46. The molecule has 1 aliphatic rings. The van der Waals surface area contributed by atoms with Crippen molar-refractivity contribution in [3.8, 4) is 0 Å². The van der Waals surface area contributed by atoms with Gasteiger partial charge in [0.25, 0.3) is 0 Å². The van der Waals surface area contributed by atoms with Crippen LogP contribution in [0.5, 0.6) is 0 Å². The first-order valence-electron chi connectivity index (χ1n) is 8.05. The van der Waals surface area contributed by atoms with Gasteiger partial charge in [0.15, 0.2) is 0 Å². The number of carboxylic acids is 1. The van der Waals surface area contributed by atoms with Gasteiger partial charge in [0.1, 0.15) is 0 Å². The molecule has 0 fully saturated rings. The Morgan fingerprint density at radius 3 is 2.76 bits per heavy atom. The second kappa shape index (κ2) is 6.76. The second-order valence-corrected chi connectivity index (χ2v) is 5.88. The van der Waals surface area contributed by atoms with Crippen molar-refractivity contribution in [1.82, 2.24) is 0 Å². The number of rotatable bonds is 5. The fourth-order valence-electron chi connectivity index (χ4n) is 2.85. The summed E-state index contributed by atoms with van der Waals surface area (Å²) in [4.78, 5) is 24.5. The van der Waals surface area contributed by atoms with E-state index in [1.807, 2.05) is 25.1 Å². The number of carboxylic acid groups (broad SMARTS) is 1. The predicted molar refractivity (Wildman–Crippen MR) is 97.4 cm³/mol. The molecule has 128 valence electrons. The van der Waals surface area contributed by atoms with Gasteiger partial charge >= 0.3 is 5.97 Å². The summed E-state index contributed by atoms with van der Waals surface area (Å²) in [6.45, 7) is 2.00. The van der Waals surface area contributed by atoms with Gasteiger partial charge in [-0.2, -0.15) is 5.10 Å². The zero-order valence-electron chi connectivity index (χ0n) is 14.1. The Morgan fingerprint density at radius 2 is 2.04 bits per heavy atom. The Bertz CT molecular complexity index is 874. The first-order valence-corrected chi connectivity index (χ1v) is 8.05. The third-order valence-corrected chi connectivity index (χ3v) is 4.25. The fourth-order valence-corrected chi connectivity index (χ4v) is 2.85. The standard InChI is InChI=1S/C19H19N3O3/c1-3-16(21-20-15-6-4-5-13(10-15)19(24)25)12-7-8-17-14(9-12)11-18(23)22(17)2/h4-10,20H,3,11H2,1-2H3,(H,24,25)/b21-16+. The van der Waals surface area contributed by atoms with Crippen LogP contribution in [0.25, 0.3) is 0 Å². The summed E-state index contributed by atoms with van der Waals surface area (Å²) in [7, 11) is 1.78. The Kier molecular flexibility index (Phi) is 4.52. The molecule has 0 aliphatic carbocycles. The van der Waals surface area contributed by atoms with Crippen molar-refractivity contribution in [3.05, 3.63) is 59.2 Å². The predicted octanol–water partition coefficient (Wildman–Crippen LogP) is 3.13. The molecular weight excluding hydrogens is 318 g/mol. The normalized spacial score (nSPS) is 13.8. The molecule has 25 heavy (non-hydrogen) atoms. The zero-order chi connectivity index (χ0) is 18.0. The number of hydrogen-bond donors (Lipinski definition) is 2. The van der Waals surface area contributed by atoms with E-state index in [1.165, 1.54) is 12.1 Å². The van der Waals surface area contributed by atoms with E-state index in [0.29, 0.717) is 18.5 Å². The highest BCUT2D eigenvalue weighted by Crippen LogP contribution is 2.28. The van der Waals surface area contributed by atoms with Crippen LogP contribution in [0.4, 0.5) is 11.4 Å². The van der Waals surface area contributed by atoms with E-state index in [0.717, 1.165) is 22.5 Å². The van der Waals surface area contributed by atoms with Gasteiger partial charge < -0.3 is 10.0 Å². The van der Waals surface area contributed by atoms with Crippen LogP contribution in [0.15, 0.2) is 47.6 Å². The summed E-state index contributed by atoms with van der Waals surface area (Å²) in [5.74, 6) is -0.887. The largest absolute Gasteiger partial charge is 0.478 e. The van der Waals surface area contributed by atoms with Crippen molar-refractivity contribution in [1.29, 1.82) is 0 Å².